The zero-order valence-corrected chi connectivity index (χ0v) is 10.7. The maximum atomic E-state index is 12.5. The van der Waals surface area contributed by atoms with Crippen molar-refractivity contribution in [1.29, 1.82) is 0 Å². The van der Waals surface area contributed by atoms with Gasteiger partial charge in [-0.2, -0.15) is 0 Å². The van der Waals surface area contributed by atoms with Gasteiger partial charge in [-0.15, -0.1) is 0 Å². The first-order valence-corrected chi connectivity index (χ1v) is 6.61. The maximum Gasteiger partial charge on any atom is 0.229 e. The van der Waals surface area contributed by atoms with Crippen LogP contribution in [0.25, 0.3) is 0 Å². The van der Waals surface area contributed by atoms with E-state index in [0.29, 0.717) is 24.5 Å². The molecule has 18 heavy (non-hydrogen) atoms. The van der Waals surface area contributed by atoms with E-state index in [1.54, 1.807) is 0 Å². The second kappa shape index (κ2) is 3.15. The number of rotatable bonds is 1. The van der Waals surface area contributed by atoms with Gasteiger partial charge in [-0.05, 0) is 11.3 Å². The highest BCUT2D eigenvalue weighted by molar-refractivity contribution is 5.87. The predicted octanol–water partition coefficient (Wildman–Crippen LogP) is 2.20. The second-order valence-electron chi connectivity index (χ2n) is 6.23. The summed E-state index contributed by atoms with van der Waals surface area (Å²) in [6, 6.07) is 10.4. The zero-order valence-electron chi connectivity index (χ0n) is 10.7. The van der Waals surface area contributed by atoms with E-state index in [9.17, 15) is 4.79 Å². The van der Waals surface area contributed by atoms with Crippen molar-refractivity contribution in [2.75, 3.05) is 6.61 Å². The molecule has 0 radical (unpaired) electrons. The van der Waals surface area contributed by atoms with E-state index in [1.165, 1.54) is 0 Å². The van der Waals surface area contributed by atoms with Crippen LogP contribution in [0.2, 0.25) is 0 Å². The van der Waals surface area contributed by atoms with E-state index in [0.717, 1.165) is 5.56 Å². The normalized spacial score (nSPS) is 39.7. The van der Waals surface area contributed by atoms with Crippen LogP contribution in [0.3, 0.4) is 0 Å². The minimum Gasteiger partial charge on any atom is -0.352 e. The Morgan fingerprint density at radius 1 is 1.28 bits per heavy atom. The third kappa shape index (κ3) is 1.11. The van der Waals surface area contributed by atoms with Gasteiger partial charge in [0.15, 0.2) is 6.23 Å². The molecule has 3 heteroatoms. The van der Waals surface area contributed by atoms with Gasteiger partial charge in [-0.3, -0.25) is 4.79 Å². The Kier molecular flexibility index (Phi) is 1.85. The largest absolute Gasteiger partial charge is 0.352 e. The number of carbonyl (C=O) groups excluding carboxylic acids is 1. The first-order valence-electron chi connectivity index (χ1n) is 6.61. The molecule has 0 bridgehead atoms. The summed E-state index contributed by atoms with van der Waals surface area (Å²) in [5.74, 6) is 1.03. The fourth-order valence-corrected chi connectivity index (χ4v) is 3.98. The molecule has 3 aliphatic rings. The third-order valence-electron chi connectivity index (χ3n) is 4.97. The lowest BCUT2D eigenvalue weighted by Crippen LogP contribution is -2.37. The minimum atomic E-state index is -0.160. The van der Waals surface area contributed by atoms with Crippen LogP contribution in [0.4, 0.5) is 0 Å². The first kappa shape index (κ1) is 10.6. The molecular weight excluding hydrogens is 226 g/mol. The lowest BCUT2D eigenvalue weighted by atomic mass is 10.0. The van der Waals surface area contributed by atoms with Gasteiger partial charge in [0.1, 0.15) is 0 Å². The van der Waals surface area contributed by atoms with Crippen LogP contribution in [0, 0.1) is 17.3 Å². The number of piperidine rings is 1. The molecular formula is C15H17NO2. The van der Waals surface area contributed by atoms with E-state index in [1.807, 2.05) is 35.2 Å². The molecule has 4 rings (SSSR count). The Hall–Kier alpha value is -1.35. The molecule has 2 aliphatic heterocycles. The molecule has 3 fully saturated rings. The van der Waals surface area contributed by atoms with Crippen LogP contribution in [0.1, 0.15) is 25.6 Å². The summed E-state index contributed by atoms with van der Waals surface area (Å²) in [5, 5.41) is 0. The Morgan fingerprint density at radius 3 is 2.72 bits per heavy atom. The average molecular weight is 243 g/mol. The SMILES string of the molecule is CC1(C)C2[C@H]3CO[C@H](c4ccccc4)N3C(=O)[C@@H]21. The molecule has 0 N–H and O–H groups in total. The van der Waals surface area contributed by atoms with Crippen molar-refractivity contribution in [2.45, 2.75) is 26.1 Å². The summed E-state index contributed by atoms with van der Waals surface area (Å²) in [6.07, 6.45) is -0.160. The number of fused-ring (bicyclic) bond motifs is 3. The van der Waals surface area contributed by atoms with Crippen LogP contribution in [-0.2, 0) is 9.53 Å². The summed E-state index contributed by atoms with van der Waals surface area (Å²) in [4.78, 5) is 14.5. The lowest BCUT2D eigenvalue weighted by molar-refractivity contribution is -0.137. The number of hydrogen-bond donors (Lipinski definition) is 0. The topological polar surface area (TPSA) is 29.5 Å². The van der Waals surface area contributed by atoms with E-state index in [2.05, 4.69) is 13.8 Å². The molecule has 1 aromatic carbocycles. The molecule has 94 valence electrons. The van der Waals surface area contributed by atoms with Gasteiger partial charge >= 0.3 is 0 Å². The zero-order chi connectivity index (χ0) is 12.5. The van der Waals surface area contributed by atoms with Gasteiger partial charge in [0.05, 0.1) is 12.6 Å². The standard InChI is InChI=1S/C15H17NO2/c1-15(2)11-10-8-18-14(9-6-4-3-5-7-9)16(10)13(17)12(11)15/h3-7,10-12,14H,8H2,1-2H3/t10-,11?,12-,14-/m1/s1. The van der Waals surface area contributed by atoms with E-state index >= 15 is 0 Å². The Bertz CT molecular complexity index is 510. The van der Waals surface area contributed by atoms with Crippen molar-refractivity contribution in [2.24, 2.45) is 17.3 Å². The molecule has 1 aromatic rings. The summed E-state index contributed by atoms with van der Waals surface area (Å²) in [5.41, 5.74) is 1.28. The third-order valence-corrected chi connectivity index (χ3v) is 4.97. The van der Waals surface area contributed by atoms with Gasteiger partial charge in [0.2, 0.25) is 5.91 Å². The van der Waals surface area contributed by atoms with Crippen molar-refractivity contribution >= 4 is 5.91 Å². The lowest BCUT2D eigenvalue weighted by Gasteiger charge is -2.27. The van der Waals surface area contributed by atoms with Gasteiger partial charge in [-0.1, -0.05) is 44.2 Å². The van der Waals surface area contributed by atoms with Crippen molar-refractivity contribution in [3.8, 4) is 0 Å². The Balaban J connectivity index is 1.67. The number of carbonyl (C=O) groups is 1. The highest BCUT2D eigenvalue weighted by Gasteiger charge is 2.73. The quantitative estimate of drug-likeness (QED) is 0.756. The van der Waals surface area contributed by atoms with E-state index < -0.39 is 0 Å². The highest BCUT2D eigenvalue weighted by atomic mass is 16.5. The molecule has 1 aliphatic carbocycles. The average Bonchev–Trinajstić information content (AvgIpc) is 2.70. The molecule has 1 unspecified atom stereocenters. The van der Waals surface area contributed by atoms with Gasteiger partial charge in [0, 0.05) is 11.5 Å². The minimum absolute atomic E-state index is 0.160. The monoisotopic (exact) mass is 243 g/mol. The van der Waals surface area contributed by atoms with Crippen molar-refractivity contribution in [3.63, 3.8) is 0 Å². The molecule has 0 aromatic heterocycles. The number of hydrogen-bond acceptors (Lipinski definition) is 2. The van der Waals surface area contributed by atoms with Crippen LogP contribution in [0.5, 0.6) is 0 Å². The molecule has 2 saturated heterocycles. The van der Waals surface area contributed by atoms with Crippen molar-refractivity contribution in [3.05, 3.63) is 35.9 Å². The number of amides is 1. The van der Waals surface area contributed by atoms with Gasteiger partial charge < -0.3 is 9.64 Å². The van der Waals surface area contributed by atoms with Gasteiger partial charge in [-0.25, -0.2) is 0 Å². The molecule has 0 spiro atoms. The van der Waals surface area contributed by atoms with Crippen LogP contribution in [-0.4, -0.2) is 23.5 Å². The highest BCUT2D eigenvalue weighted by Crippen LogP contribution is 2.67. The molecule has 4 atom stereocenters. The molecule has 2 heterocycles. The van der Waals surface area contributed by atoms with E-state index in [-0.39, 0.29) is 17.6 Å². The summed E-state index contributed by atoms with van der Waals surface area (Å²) >= 11 is 0. The Morgan fingerprint density at radius 2 is 2.00 bits per heavy atom. The smallest absolute Gasteiger partial charge is 0.229 e. The van der Waals surface area contributed by atoms with Crippen LogP contribution < -0.4 is 0 Å². The van der Waals surface area contributed by atoms with Crippen LogP contribution >= 0.6 is 0 Å². The summed E-state index contributed by atoms with van der Waals surface area (Å²) in [7, 11) is 0. The van der Waals surface area contributed by atoms with Crippen molar-refractivity contribution in [1.82, 2.24) is 4.90 Å². The molecule has 1 amide bonds. The fourth-order valence-electron chi connectivity index (χ4n) is 3.98. The molecule has 1 saturated carbocycles. The fraction of sp³-hybridized carbons (Fsp3) is 0.533. The molecule has 3 nitrogen and oxygen atoms in total. The number of benzene rings is 1. The van der Waals surface area contributed by atoms with E-state index in [4.69, 9.17) is 4.74 Å². The Labute approximate surface area is 107 Å². The predicted molar refractivity (Wildman–Crippen MR) is 66.5 cm³/mol. The summed E-state index contributed by atoms with van der Waals surface area (Å²) in [6.45, 7) is 5.09. The van der Waals surface area contributed by atoms with Gasteiger partial charge in [0.25, 0.3) is 0 Å². The number of ether oxygens (including phenoxy) is 1. The first-order chi connectivity index (χ1) is 8.62. The second-order valence-corrected chi connectivity index (χ2v) is 6.23. The number of nitrogens with zero attached hydrogens (tertiary/aromatic N) is 1. The summed E-state index contributed by atoms with van der Waals surface area (Å²) < 4.78 is 5.87. The van der Waals surface area contributed by atoms with Crippen LogP contribution in [0.15, 0.2) is 30.3 Å². The van der Waals surface area contributed by atoms with Crippen molar-refractivity contribution < 1.29 is 9.53 Å². The maximum absolute atomic E-state index is 12.5.